The monoisotopic (exact) mass is 449 g/mol. The molecule has 0 aromatic heterocycles. The molecule has 0 unspecified atom stereocenters. The van der Waals surface area contributed by atoms with Crippen LogP contribution in [-0.2, 0) is 0 Å². The molecule has 1 aliphatic rings. The second-order valence-corrected chi connectivity index (χ2v) is 8.92. The molecule has 3 atom stereocenters. The molecule has 0 saturated carbocycles. The van der Waals surface area contributed by atoms with Gasteiger partial charge in [-0.2, -0.15) is 0 Å². The number of hydrogen-bond donors (Lipinski definition) is 0. The number of ether oxygens (including phenoxy) is 1. The normalized spacial score (nSPS) is 20.3. The molecule has 0 bridgehead atoms. The molecule has 0 spiro atoms. The quantitative estimate of drug-likeness (QED) is 0.513. The maximum atomic E-state index is 12.8. The zero-order chi connectivity index (χ0) is 24.0. The number of nitrogens with zero attached hydrogens (tertiary/aromatic N) is 3. The number of hydrogen-bond acceptors (Lipinski definition) is 4. The zero-order valence-electron chi connectivity index (χ0n) is 20.8. The summed E-state index contributed by atoms with van der Waals surface area (Å²) >= 11 is 0. The van der Waals surface area contributed by atoms with E-state index in [1.54, 1.807) is 7.11 Å². The molecule has 0 radical (unpaired) electrons. The van der Waals surface area contributed by atoms with E-state index in [1.807, 2.05) is 43.0 Å². The van der Waals surface area contributed by atoms with E-state index in [0.717, 1.165) is 30.9 Å². The molecule has 1 aliphatic heterocycles. The highest BCUT2D eigenvalue weighted by Crippen LogP contribution is 2.34. The van der Waals surface area contributed by atoms with Crippen molar-refractivity contribution in [3.8, 4) is 5.75 Å². The lowest BCUT2D eigenvalue weighted by Gasteiger charge is -2.47. The highest BCUT2D eigenvalue weighted by atomic mass is 16.5. The van der Waals surface area contributed by atoms with Crippen LogP contribution in [0.3, 0.4) is 0 Å². The van der Waals surface area contributed by atoms with Crippen molar-refractivity contribution in [2.45, 2.75) is 45.8 Å². The summed E-state index contributed by atoms with van der Waals surface area (Å²) in [4.78, 5) is 19.8. The summed E-state index contributed by atoms with van der Waals surface area (Å²) < 4.78 is 5.54. The number of methoxy groups -OCH3 is 1. The predicted molar refractivity (Wildman–Crippen MR) is 136 cm³/mol. The first-order chi connectivity index (χ1) is 15.9. The van der Waals surface area contributed by atoms with Gasteiger partial charge in [0.05, 0.1) is 13.2 Å². The van der Waals surface area contributed by atoms with Crippen molar-refractivity contribution in [3.63, 3.8) is 0 Å². The average molecular weight is 450 g/mol. The third-order valence-electron chi connectivity index (χ3n) is 6.79. The van der Waals surface area contributed by atoms with Crippen LogP contribution in [0.5, 0.6) is 5.75 Å². The largest absolute Gasteiger partial charge is 0.497 e. The summed E-state index contributed by atoms with van der Waals surface area (Å²) in [5, 5.41) is 0. The minimum atomic E-state index is 0.0843. The highest BCUT2D eigenvalue weighted by Gasteiger charge is 2.34. The summed E-state index contributed by atoms with van der Waals surface area (Å²) in [5.41, 5.74) is 3.13. The molecular formula is C28H39N3O2. The van der Waals surface area contributed by atoms with Crippen molar-refractivity contribution < 1.29 is 9.53 Å². The fraction of sp³-hybridized carbons (Fsp3) is 0.464. The Morgan fingerprint density at radius 2 is 1.79 bits per heavy atom. The minimum Gasteiger partial charge on any atom is -0.497 e. The van der Waals surface area contributed by atoms with Gasteiger partial charge in [-0.05, 0) is 63.1 Å². The maximum absolute atomic E-state index is 12.8. The number of piperazine rings is 1. The smallest absolute Gasteiger partial charge is 0.253 e. The number of benzene rings is 2. The Kier molecular flexibility index (Phi) is 8.70. The molecule has 3 rings (SSSR count). The summed E-state index contributed by atoms with van der Waals surface area (Å²) in [6.07, 6.45) is 1.99. The Morgan fingerprint density at radius 3 is 2.39 bits per heavy atom. The SMILES string of the molecule is C=CCN1C[C@@H](C)N([C@H](c2ccc(C(=O)N(CC)CC)cc2)c2cccc(OC)c2)C[C@H]1C. The van der Waals surface area contributed by atoms with E-state index < -0.39 is 0 Å². The van der Waals surface area contributed by atoms with E-state index in [4.69, 9.17) is 4.74 Å². The van der Waals surface area contributed by atoms with Gasteiger partial charge in [0.2, 0.25) is 0 Å². The van der Waals surface area contributed by atoms with Crippen LogP contribution in [0.4, 0.5) is 0 Å². The Bertz CT molecular complexity index is 923. The van der Waals surface area contributed by atoms with Crippen LogP contribution in [0.15, 0.2) is 61.2 Å². The molecule has 1 fully saturated rings. The average Bonchev–Trinajstić information content (AvgIpc) is 2.83. The standard InChI is InChI=1S/C28H39N3O2/c1-7-17-30-19-22(5)31(20-21(30)4)27(25-11-10-12-26(18-25)33-6)23-13-15-24(16-14-23)28(32)29(8-2)9-3/h7,10-16,18,21-22,27H,1,8-9,17,19-20H2,2-6H3/t21-,22-,27-/m1/s1. The number of rotatable bonds is 9. The van der Waals surface area contributed by atoms with Gasteiger partial charge >= 0.3 is 0 Å². The molecule has 0 N–H and O–H groups in total. The molecule has 2 aromatic rings. The van der Waals surface area contributed by atoms with Gasteiger partial charge < -0.3 is 9.64 Å². The molecule has 33 heavy (non-hydrogen) atoms. The van der Waals surface area contributed by atoms with Crippen molar-refractivity contribution in [2.75, 3.05) is 39.8 Å². The van der Waals surface area contributed by atoms with Crippen molar-refractivity contribution >= 4 is 5.91 Å². The van der Waals surface area contributed by atoms with E-state index in [0.29, 0.717) is 25.2 Å². The molecule has 1 amide bonds. The van der Waals surface area contributed by atoms with Crippen molar-refractivity contribution in [1.82, 2.24) is 14.7 Å². The van der Waals surface area contributed by atoms with Crippen LogP contribution >= 0.6 is 0 Å². The van der Waals surface area contributed by atoms with Gasteiger partial charge in [0.1, 0.15) is 5.75 Å². The number of carbonyl (C=O) groups is 1. The summed E-state index contributed by atoms with van der Waals surface area (Å²) in [6, 6.07) is 17.4. The minimum absolute atomic E-state index is 0.0843. The predicted octanol–water partition coefficient (Wildman–Crippen LogP) is 4.85. The fourth-order valence-corrected chi connectivity index (χ4v) is 4.89. The number of amides is 1. The Hall–Kier alpha value is -2.63. The van der Waals surface area contributed by atoms with E-state index in [9.17, 15) is 4.79 Å². The Balaban J connectivity index is 1.98. The molecule has 2 aromatic carbocycles. The van der Waals surface area contributed by atoms with Gasteiger partial charge in [0, 0.05) is 50.4 Å². The van der Waals surface area contributed by atoms with Gasteiger partial charge in [-0.15, -0.1) is 6.58 Å². The van der Waals surface area contributed by atoms with Gasteiger partial charge in [-0.3, -0.25) is 14.6 Å². The van der Waals surface area contributed by atoms with Crippen LogP contribution in [0.1, 0.15) is 55.2 Å². The Morgan fingerprint density at radius 1 is 1.09 bits per heavy atom. The lowest BCUT2D eigenvalue weighted by atomic mass is 9.92. The molecule has 0 aliphatic carbocycles. The topological polar surface area (TPSA) is 36.0 Å². The lowest BCUT2D eigenvalue weighted by molar-refractivity contribution is 0.0306. The van der Waals surface area contributed by atoms with Crippen LogP contribution in [0.25, 0.3) is 0 Å². The summed E-state index contributed by atoms with van der Waals surface area (Å²) in [5.74, 6) is 0.946. The lowest BCUT2D eigenvalue weighted by Crippen LogP contribution is -2.57. The molecule has 1 heterocycles. The molecule has 5 nitrogen and oxygen atoms in total. The van der Waals surface area contributed by atoms with Crippen LogP contribution in [0, 0.1) is 0 Å². The molecule has 178 valence electrons. The van der Waals surface area contributed by atoms with Crippen molar-refractivity contribution in [1.29, 1.82) is 0 Å². The first-order valence-electron chi connectivity index (χ1n) is 12.1. The second kappa shape index (κ2) is 11.5. The molecule has 1 saturated heterocycles. The van der Waals surface area contributed by atoms with E-state index in [-0.39, 0.29) is 11.9 Å². The van der Waals surface area contributed by atoms with E-state index in [2.05, 4.69) is 60.6 Å². The third-order valence-corrected chi connectivity index (χ3v) is 6.79. The van der Waals surface area contributed by atoms with Crippen molar-refractivity contribution in [2.24, 2.45) is 0 Å². The van der Waals surface area contributed by atoms with Gasteiger partial charge in [0.15, 0.2) is 0 Å². The van der Waals surface area contributed by atoms with E-state index >= 15 is 0 Å². The van der Waals surface area contributed by atoms with E-state index in [1.165, 1.54) is 11.1 Å². The molecule has 5 heteroatoms. The van der Waals surface area contributed by atoms with Crippen LogP contribution < -0.4 is 4.74 Å². The highest BCUT2D eigenvalue weighted by molar-refractivity contribution is 5.94. The van der Waals surface area contributed by atoms with Gasteiger partial charge in [-0.25, -0.2) is 0 Å². The van der Waals surface area contributed by atoms with Crippen LogP contribution in [0.2, 0.25) is 0 Å². The fourth-order valence-electron chi connectivity index (χ4n) is 4.89. The van der Waals surface area contributed by atoms with Crippen LogP contribution in [-0.4, -0.2) is 72.5 Å². The number of carbonyl (C=O) groups excluding carboxylic acids is 1. The van der Waals surface area contributed by atoms with Gasteiger partial charge in [-0.1, -0.05) is 30.3 Å². The Labute approximate surface area is 199 Å². The maximum Gasteiger partial charge on any atom is 0.253 e. The second-order valence-electron chi connectivity index (χ2n) is 8.92. The summed E-state index contributed by atoms with van der Waals surface area (Å²) in [6.45, 7) is 16.8. The third kappa shape index (κ3) is 5.66. The zero-order valence-corrected chi connectivity index (χ0v) is 20.8. The first kappa shape index (κ1) is 25.0. The van der Waals surface area contributed by atoms with Gasteiger partial charge in [0.25, 0.3) is 5.91 Å². The van der Waals surface area contributed by atoms with Crippen molar-refractivity contribution in [3.05, 3.63) is 77.9 Å². The first-order valence-corrected chi connectivity index (χ1v) is 12.1. The summed E-state index contributed by atoms with van der Waals surface area (Å²) in [7, 11) is 1.71. The molecular weight excluding hydrogens is 410 g/mol.